The van der Waals surface area contributed by atoms with E-state index >= 15 is 0 Å². The monoisotopic (exact) mass is 270 g/mol. The second-order valence-electron chi connectivity index (χ2n) is 4.04. The number of hydrogen-bond acceptors (Lipinski definition) is 6. The number of benzene rings is 1. The summed E-state index contributed by atoms with van der Waals surface area (Å²) in [5.41, 5.74) is 0. The van der Waals surface area contributed by atoms with Crippen LogP contribution >= 0.6 is 0 Å². The van der Waals surface area contributed by atoms with Gasteiger partial charge in [0, 0.05) is 11.6 Å². The molecule has 3 aromatic rings. The van der Waals surface area contributed by atoms with Crippen LogP contribution in [0.3, 0.4) is 0 Å². The Kier molecular flexibility index (Phi) is 2.79. The third-order valence-electron chi connectivity index (χ3n) is 2.81. The molecule has 0 aliphatic heterocycles. The van der Waals surface area contributed by atoms with Crippen LogP contribution in [0.5, 0.6) is 5.75 Å². The lowest BCUT2D eigenvalue weighted by molar-refractivity contribution is 0.0587. The second kappa shape index (κ2) is 4.61. The van der Waals surface area contributed by atoms with Crippen molar-refractivity contribution in [2.24, 2.45) is 0 Å². The van der Waals surface area contributed by atoms with Crippen molar-refractivity contribution in [2.75, 3.05) is 7.11 Å². The molecule has 1 N–H and O–H groups in total. The van der Waals surface area contributed by atoms with Crippen molar-refractivity contribution < 1.29 is 14.6 Å². The highest BCUT2D eigenvalue weighted by Gasteiger charge is 2.14. The number of aromatic nitrogens is 4. The average Bonchev–Trinajstić information content (AvgIpc) is 2.95. The van der Waals surface area contributed by atoms with Crippen LogP contribution in [0.1, 0.15) is 10.6 Å². The molecular weight excluding hydrogens is 260 g/mol. The lowest BCUT2D eigenvalue weighted by atomic mass is 10.1. The average molecular weight is 270 g/mol. The number of fused-ring (bicyclic) bond motifs is 1. The van der Waals surface area contributed by atoms with E-state index < -0.39 is 5.97 Å². The molecule has 0 unspecified atom stereocenters. The third kappa shape index (κ3) is 1.95. The molecule has 0 aliphatic rings. The molecule has 100 valence electrons. The first kappa shape index (κ1) is 12.1. The molecule has 7 heteroatoms. The summed E-state index contributed by atoms with van der Waals surface area (Å²) in [6.07, 6.45) is 2.99. The minimum absolute atomic E-state index is 0.0496. The lowest BCUT2D eigenvalue weighted by Gasteiger charge is -2.05. The van der Waals surface area contributed by atoms with E-state index in [-0.39, 0.29) is 11.6 Å². The maximum absolute atomic E-state index is 11.4. The number of methoxy groups -OCH3 is 1. The molecule has 0 saturated carbocycles. The quantitative estimate of drug-likeness (QED) is 0.706. The first-order chi connectivity index (χ1) is 9.69. The highest BCUT2D eigenvalue weighted by Crippen LogP contribution is 2.23. The fraction of sp³-hybridized carbons (Fsp3) is 0.0769. The van der Waals surface area contributed by atoms with Gasteiger partial charge in [-0.05, 0) is 23.6 Å². The summed E-state index contributed by atoms with van der Waals surface area (Å²) in [5.74, 6) is -0.0700. The summed E-state index contributed by atoms with van der Waals surface area (Å²) in [6, 6.07) is 6.76. The Labute approximate surface area is 113 Å². The van der Waals surface area contributed by atoms with Crippen molar-refractivity contribution in [1.29, 1.82) is 0 Å². The van der Waals surface area contributed by atoms with Gasteiger partial charge in [0.15, 0.2) is 5.82 Å². The Morgan fingerprint density at radius 2 is 2.15 bits per heavy atom. The molecule has 7 nitrogen and oxygen atoms in total. The Bertz CT molecular complexity index is 797. The van der Waals surface area contributed by atoms with Crippen LogP contribution < -0.4 is 0 Å². The van der Waals surface area contributed by atoms with Gasteiger partial charge in [0.2, 0.25) is 0 Å². The Hall–Kier alpha value is -2.96. The Morgan fingerprint density at radius 3 is 2.95 bits per heavy atom. The van der Waals surface area contributed by atoms with Crippen molar-refractivity contribution in [3.63, 3.8) is 0 Å². The van der Waals surface area contributed by atoms with E-state index in [9.17, 15) is 9.90 Å². The number of carbonyl (C=O) groups is 1. The number of hydrogen-bond donors (Lipinski definition) is 1. The van der Waals surface area contributed by atoms with Crippen LogP contribution in [-0.4, -0.2) is 37.9 Å². The minimum Gasteiger partial charge on any atom is -0.508 e. The van der Waals surface area contributed by atoms with E-state index in [1.807, 2.05) is 6.07 Å². The van der Waals surface area contributed by atoms with Crippen molar-refractivity contribution in [3.8, 4) is 11.6 Å². The predicted molar refractivity (Wildman–Crippen MR) is 69.7 cm³/mol. The number of carbonyl (C=O) groups excluding carboxylic acids is 1. The SMILES string of the molecule is COC(=O)c1ncn(-c2nccc3ccc(O)cc23)n1. The zero-order valence-electron chi connectivity index (χ0n) is 10.5. The molecule has 3 rings (SSSR count). The molecule has 0 spiro atoms. The molecule has 0 saturated heterocycles. The molecule has 0 bridgehead atoms. The van der Waals surface area contributed by atoms with Gasteiger partial charge in [-0.15, -0.1) is 5.10 Å². The third-order valence-corrected chi connectivity index (χ3v) is 2.81. The fourth-order valence-corrected chi connectivity index (χ4v) is 1.87. The van der Waals surface area contributed by atoms with Crippen molar-refractivity contribution >= 4 is 16.7 Å². The van der Waals surface area contributed by atoms with Gasteiger partial charge in [0.1, 0.15) is 12.1 Å². The first-order valence-electron chi connectivity index (χ1n) is 5.77. The van der Waals surface area contributed by atoms with Crippen LogP contribution in [0.25, 0.3) is 16.6 Å². The number of ether oxygens (including phenoxy) is 1. The van der Waals surface area contributed by atoms with E-state index in [4.69, 9.17) is 0 Å². The number of nitrogens with zero attached hydrogens (tertiary/aromatic N) is 4. The predicted octanol–water partition coefficient (Wildman–Crippen LogP) is 1.31. The van der Waals surface area contributed by atoms with Crippen molar-refractivity contribution in [3.05, 3.63) is 42.6 Å². The van der Waals surface area contributed by atoms with Crippen molar-refractivity contribution in [1.82, 2.24) is 19.7 Å². The number of phenols is 1. The first-order valence-corrected chi connectivity index (χ1v) is 5.77. The van der Waals surface area contributed by atoms with Gasteiger partial charge in [0.25, 0.3) is 5.82 Å². The van der Waals surface area contributed by atoms with Gasteiger partial charge in [-0.25, -0.2) is 19.4 Å². The molecule has 0 aliphatic carbocycles. The van der Waals surface area contributed by atoms with E-state index in [1.165, 1.54) is 18.1 Å². The number of esters is 1. The topological polar surface area (TPSA) is 90.1 Å². The van der Waals surface area contributed by atoms with Gasteiger partial charge < -0.3 is 9.84 Å². The summed E-state index contributed by atoms with van der Waals surface area (Å²) >= 11 is 0. The summed E-state index contributed by atoms with van der Waals surface area (Å²) in [7, 11) is 1.26. The van der Waals surface area contributed by atoms with Gasteiger partial charge in [-0.2, -0.15) is 0 Å². The van der Waals surface area contributed by atoms with Gasteiger partial charge in [-0.1, -0.05) is 6.07 Å². The van der Waals surface area contributed by atoms with Crippen LogP contribution in [-0.2, 0) is 4.74 Å². The maximum Gasteiger partial charge on any atom is 0.377 e. The van der Waals surface area contributed by atoms with E-state index in [0.717, 1.165) is 5.39 Å². The summed E-state index contributed by atoms with van der Waals surface area (Å²) in [5, 5.41) is 15.2. The fourth-order valence-electron chi connectivity index (χ4n) is 1.87. The largest absolute Gasteiger partial charge is 0.508 e. The van der Waals surface area contributed by atoms with E-state index in [0.29, 0.717) is 11.2 Å². The Balaban J connectivity index is 2.16. The molecule has 0 fully saturated rings. The van der Waals surface area contributed by atoms with Crippen LogP contribution in [0.4, 0.5) is 0 Å². The van der Waals surface area contributed by atoms with Crippen LogP contribution in [0, 0.1) is 0 Å². The molecular formula is C13H10N4O3. The molecule has 2 heterocycles. The molecule has 20 heavy (non-hydrogen) atoms. The van der Waals surface area contributed by atoms with Crippen LogP contribution in [0.15, 0.2) is 36.8 Å². The zero-order valence-corrected chi connectivity index (χ0v) is 10.5. The summed E-state index contributed by atoms with van der Waals surface area (Å²) < 4.78 is 5.92. The van der Waals surface area contributed by atoms with Gasteiger partial charge >= 0.3 is 5.97 Å². The van der Waals surface area contributed by atoms with E-state index in [2.05, 4.69) is 19.8 Å². The highest BCUT2D eigenvalue weighted by molar-refractivity contribution is 5.89. The molecule has 2 aromatic heterocycles. The summed E-state index contributed by atoms with van der Waals surface area (Å²) in [6.45, 7) is 0. The van der Waals surface area contributed by atoms with Gasteiger partial charge in [-0.3, -0.25) is 0 Å². The lowest BCUT2D eigenvalue weighted by Crippen LogP contribution is -2.06. The number of phenolic OH excluding ortho intramolecular Hbond substituents is 1. The minimum atomic E-state index is -0.619. The normalized spacial score (nSPS) is 10.7. The molecule has 0 amide bonds. The van der Waals surface area contributed by atoms with E-state index in [1.54, 1.807) is 24.4 Å². The second-order valence-corrected chi connectivity index (χ2v) is 4.04. The smallest absolute Gasteiger partial charge is 0.377 e. The summed E-state index contributed by atoms with van der Waals surface area (Å²) in [4.78, 5) is 19.4. The number of pyridine rings is 1. The van der Waals surface area contributed by atoms with Crippen molar-refractivity contribution in [2.45, 2.75) is 0 Å². The molecule has 0 atom stereocenters. The molecule has 1 aromatic carbocycles. The number of rotatable bonds is 2. The maximum atomic E-state index is 11.4. The Morgan fingerprint density at radius 1 is 1.30 bits per heavy atom. The standard InChI is InChI=1S/C13H10N4O3/c1-20-13(19)11-15-7-17(16-11)12-10-6-9(18)3-2-8(10)4-5-14-12/h2-7,18H,1H3. The highest BCUT2D eigenvalue weighted by atomic mass is 16.5. The number of aromatic hydroxyl groups is 1. The van der Waals surface area contributed by atoms with Crippen LogP contribution in [0.2, 0.25) is 0 Å². The zero-order chi connectivity index (χ0) is 14.1. The van der Waals surface area contributed by atoms with Gasteiger partial charge in [0.05, 0.1) is 7.11 Å². The molecule has 0 radical (unpaired) electrons.